The van der Waals surface area contributed by atoms with Crippen LogP contribution in [0.2, 0.25) is 0 Å². The summed E-state index contributed by atoms with van der Waals surface area (Å²) in [6, 6.07) is 6.33. The molecule has 3 rings (SSSR count). The van der Waals surface area contributed by atoms with Gasteiger partial charge in [0.2, 0.25) is 11.8 Å². The number of hydrogen-bond donors (Lipinski definition) is 0. The number of carbonyl (C=O) groups is 1. The standard InChI is InChI=1S/C17H20FN3O2S/c1-21(14-8-3-2-4-9-14)15(22)11-24-17-20-19-16(23-17)12-6-5-7-13(18)10-12/h5-7,10,14H,2-4,8-9,11H2,1H3. The van der Waals surface area contributed by atoms with E-state index >= 15 is 0 Å². The maximum Gasteiger partial charge on any atom is 0.277 e. The second-order valence-electron chi connectivity index (χ2n) is 5.97. The fourth-order valence-corrected chi connectivity index (χ4v) is 3.59. The third-order valence-electron chi connectivity index (χ3n) is 4.31. The van der Waals surface area contributed by atoms with Gasteiger partial charge in [-0.25, -0.2) is 4.39 Å². The van der Waals surface area contributed by atoms with Crippen molar-refractivity contribution in [2.45, 2.75) is 43.4 Å². The molecule has 1 aliphatic carbocycles. The third kappa shape index (κ3) is 4.14. The molecule has 0 radical (unpaired) electrons. The second-order valence-corrected chi connectivity index (χ2v) is 6.90. The Kier molecular flexibility index (Phi) is 5.50. The Morgan fingerprint density at radius 3 is 2.88 bits per heavy atom. The van der Waals surface area contributed by atoms with E-state index in [1.54, 1.807) is 12.1 Å². The van der Waals surface area contributed by atoms with Crippen LogP contribution in [-0.4, -0.2) is 39.8 Å². The van der Waals surface area contributed by atoms with E-state index in [0.29, 0.717) is 16.8 Å². The van der Waals surface area contributed by atoms with Gasteiger partial charge < -0.3 is 9.32 Å². The van der Waals surface area contributed by atoms with Crippen LogP contribution in [0.15, 0.2) is 33.9 Å². The zero-order chi connectivity index (χ0) is 16.9. The van der Waals surface area contributed by atoms with Gasteiger partial charge in [-0.2, -0.15) is 0 Å². The number of thioether (sulfide) groups is 1. The maximum absolute atomic E-state index is 13.2. The molecule has 0 atom stereocenters. The number of carbonyl (C=O) groups excluding carboxylic acids is 1. The van der Waals surface area contributed by atoms with Crippen molar-refractivity contribution in [1.29, 1.82) is 0 Å². The lowest BCUT2D eigenvalue weighted by Crippen LogP contribution is -2.39. The number of amides is 1. The predicted octanol–water partition coefficient (Wildman–Crippen LogP) is 3.76. The molecule has 0 bridgehead atoms. The van der Waals surface area contributed by atoms with Crippen LogP contribution in [0.1, 0.15) is 32.1 Å². The summed E-state index contributed by atoms with van der Waals surface area (Å²) in [6.45, 7) is 0. The van der Waals surface area contributed by atoms with Gasteiger partial charge in [-0.3, -0.25) is 4.79 Å². The van der Waals surface area contributed by atoms with Crippen molar-refractivity contribution in [2.24, 2.45) is 0 Å². The smallest absolute Gasteiger partial charge is 0.277 e. The summed E-state index contributed by atoms with van der Waals surface area (Å²) in [5, 5.41) is 8.15. The monoisotopic (exact) mass is 349 g/mol. The van der Waals surface area contributed by atoms with Gasteiger partial charge in [0.25, 0.3) is 5.22 Å². The van der Waals surface area contributed by atoms with Crippen LogP contribution >= 0.6 is 11.8 Å². The van der Waals surface area contributed by atoms with Gasteiger partial charge in [0, 0.05) is 18.7 Å². The predicted molar refractivity (Wildman–Crippen MR) is 90.1 cm³/mol. The summed E-state index contributed by atoms with van der Waals surface area (Å²) in [7, 11) is 1.87. The Morgan fingerprint density at radius 2 is 2.12 bits per heavy atom. The van der Waals surface area contributed by atoms with Crippen molar-refractivity contribution >= 4 is 17.7 Å². The van der Waals surface area contributed by atoms with Crippen LogP contribution in [-0.2, 0) is 4.79 Å². The molecule has 1 aliphatic rings. The van der Waals surface area contributed by atoms with E-state index in [1.165, 1.54) is 43.2 Å². The van der Waals surface area contributed by atoms with Crippen molar-refractivity contribution in [3.8, 4) is 11.5 Å². The molecule has 1 heterocycles. The molecular formula is C17H20FN3O2S. The minimum absolute atomic E-state index is 0.0670. The minimum atomic E-state index is -0.357. The minimum Gasteiger partial charge on any atom is -0.411 e. The average molecular weight is 349 g/mol. The van der Waals surface area contributed by atoms with Crippen molar-refractivity contribution in [3.63, 3.8) is 0 Å². The molecule has 128 valence electrons. The van der Waals surface area contributed by atoms with E-state index in [0.717, 1.165) is 12.8 Å². The van der Waals surface area contributed by atoms with Crippen molar-refractivity contribution in [1.82, 2.24) is 15.1 Å². The Morgan fingerprint density at radius 1 is 1.33 bits per heavy atom. The van der Waals surface area contributed by atoms with Crippen molar-refractivity contribution in [3.05, 3.63) is 30.1 Å². The fraction of sp³-hybridized carbons (Fsp3) is 0.471. The highest BCUT2D eigenvalue weighted by Crippen LogP contribution is 2.25. The zero-order valence-corrected chi connectivity index (χ0v) is 14.4. The number of nitrogens with zero attached hydrogens (tertiary/aromatic N) is 3. The van der Waals surface area contributed by atoms with Crippen LogP contribution < -0.4 is 0 Å². The Bertz CT molecular complexity index is 701. The summed E-state index contributed by atoms with van der Waals surface area (Å²) in [5.41, 5.74) is 0.528. The Labute approximate surface area is 144 Å². The molecule has 0 N–H and O–H groups in total. The van der Waals surface area contributed by atoms with E-state index < -0.39 is 0 Å². The average Bonchev–Trinajstić information content (AvgIpc) is 3.09. The van der Waals surface area contributed by atoms with Gasteiger partial charge in [0.05, 0.1) is 5.75 Å². The van der Waals surface area contributed by atoms with Crippen molar-refractivity contribution in [2.75, 3.05) is 12.8 Å². The quantitative estimate of drug-likeness (QED) is 0.769. The highest BCUT2D eigenvalue weighted by molar-refractivity contribution is 7.99. The number of benzene rings is 1. The molecule has 1 aromatic heterocycles. The van der Waals surface area contributed by atoms with E-state index in [9.17, 15) is 9.18 Å². The topological polar surface area (TPSA) is 59.2 Å². The zero-order valence-electron chi connectivity index (χ0n) is 13.6. The van der Waals surface area contributed by atoms with E-state index in [-0.39, 0.29) is 23.4 Å². The summed E-state index contributed by atoms with van der Waals surface area (Å²) in [6.07, 6.45) is 5.80. The number of hydrogen-bond acceptors (Lipinski definition) is 5. The first-order chi connectivity index (χ1) is 11.6. The van der Waals surface area contributed by atoms with Gasteiger partial charge in [-0.05, 0) is 31.0 Å². The van der Waals surface area contributed by atoms with Crippen LogP contribution in [0.5, 0.6) is 0 Å². The molecule has 0 spiro atoms. The normalized spacial score (nSPS) is 15.4. The first-order valence-corrected chi connectivity index (χ1v) is 9.10. The summed E-state index contributed by atoms with van der Waals surface area (Å²) < 4.78 is 18.7. The highest BCUT2D eigenvalue weighted by atomic mass is 32.2. The molecule has 1 aromatic carbocycles. The van der Waals surface area contributed by atoms with Gasteiger partial charge in [0.15, 0.2) is 0 Å². The second kappa shape index (κ2) is 7.79. The first-order valence-electron chi connectivity index (χ1n) is 8.11. The van der Waals surface area contributed by atoms with Crippen LogP contribution in [0.25, 0.3) is 11.5 Å². The molecular weight excluding hydrogens is 329 g/mol. The summed E-state index contributed by atoms with van der Waals surface area (Å²) in [4.78, 5) is 14.1. The van der Waals surface area contributed by atoms with E-state index in [1.807, 2.05) is 11.9 Å². The fourth-order valence-electron chi connectivity index (χ4n) is 2.90. The molecule has 2 aromatic rings. The molecule has 5 nitrogen and oxygen atoms in total. The van der Waals surface area contributed by atoms with Crippen molar-refractivity contribution < 1.29 is 13.6 Å². The molecule has 1 amide bonds. The lowest BCUT2D eigenvalue weighted by molar-refractivity contribution is -0.129. The lowest BCUT2D eigenvalue weighted by atomic mass is 9.94. The van der Waals surface area contributed by atoms with Crippen LogP contribution in [0, 0.1) is 5.82 Å². The van der Waals surface area contributed by atoms with Gasteiger partial charge in [0.1, 0.15) is 5.82 Å². The maximum atomic E-state index is 13.2. The molecule has 24 heavy (non-hydrogen) atoms. The highest BCUT2D eigenvalue weighted by Gasteiger charge is 2.22. The SMILES string of the molecule is CN(C(=O)CSc1nnc(-c2cccc(F)c2)o1)C1CCCCC1. The summed E-state index contributed by atoms with van der Waals surface area (Å²) in [5.74, 6) is 0.226. The molecule has 0 unspecified atom stereocenters. The van der Waals surface area contributed by atoms with E-state index in [4.69, 9.17) is 4.42 Å². The number of aromatic nitrogens is 2. The van der Waals surface area contributed by atoms with Gasteiger partial charge in [-0.15, -0.1) is 10.2 Å². The van der Waals surface area contributed by atoms with Crippen LogP contribution in [0.3, 0.4) is 0 Å². The molecule has 1 saturated carbocycles. The van der Waals surface area contributed by atoms with Crippen LogP contribution in [0.4, 0.5) is 4.39 Å². The van der Waals surface area contributed by atoms with Gasteiger partial charge >= 0.3 is 0 Å². The Hall–Kier alpha value is -1.89. The molecule has 0 saturated heterocycles. The third-order valence-corrected chi connectivity index (χ3v) is 5.12. The molecule has 1 fully saturated rings. The lowest BCUT2D eigenvalue weighted by Gasteiger charge is -2.31. The first kappa shape index (κ1) is 17.0. The number of halogens is 1. The van der Waals surface area contributed by atoms with E-state index in [2.05, 4.69) is 10.2 Å². The van der Waals surface area contributed by atoms with Gasteiger partial charge in [-0.1, -0.05) is 37.1 Å². The molecule has 7 heteroatoms. The summed E-state index contributed by atoms with van der Waals surface area (Å²) >= 11 is 1.22. The largest absolute Gasteiger partial charge is 0.411 e. The Balaban J connectivity index is 1.56. The number of rotatable bonds is 5. The molecule has 0 aliphatic heterocycles.